The minimum absolute atomic E-state index is 0.210. The van der Waals surface area contributed by atoms with Crippen LogP contribution in [0.1, 0.15) is 19.8 Å². The first-order chi connectivity index (χ1) is 5.24. The van der Waals surface area contributed by atoms with Gasteiger partial charge >= 0.3 is 0 Å². The molecular weight excluding hydrogens is 145 g/mol. The molecule has 1 aliphatic heterocycles. The van der Waals surface area contributed by atoms with Crippen LogP contribution in [0.25, 0.3) is 0 Å². The fourth-order valence-corrected chi connectivity index (χ4v) is 1.41. The zero-order valence-electron chi connectivity index (χ0n) is 7.14. The number of rotatable bonds is 2. The van der Waals surface area contributed by atoms with Gasteiger partial charge in [-0.25, -0.2) is 4.39 Å². The van der Waals surface area contributed by atoms with Crippen LogP contribution in [0.5, 0.6) is 0 Å². The van der Waals surface area contributed by atoms with Crippen LogP contribution in [0, 0.1) is 0 Å². The molecule has 0 unspecified atom stereocenters. The van der Waals surface area contributed by atoms with Crippen molar-refractivity contribution in [2.24, 2.45) is 0 Å². The lowest BCUT2D eigenvalue weighted by Crippen LogP contribution is -2.39. The molecule has 0 saturated carbocycles. The molecule has 0 amide bonds. The van der Waals surface area contributed by atoms with Crippen molar-refractivity contribution in [3.8, 4) is 0 Å². The summed E-state index contributed by atoms with van der Waals surface area (Å²) < 4.78 is 18.2. The number of likely N-dealkylation sites (N-methyl/N-ethyl adjacent to an activating group) is 1. The van der Waals surface area contributed by atoms with E-state index in [-0.39, 0.29) is 12.2 Å². The zero-order valence-corrected chi connectivity index (χ0v) is 7.14. The molecule has 2 nitrogen and oxygen atoms in total. The van der Waals surface area contributed by atoms with Crippen molar-refractivity contribution in [1.82, 2.24) is 5.32 Å². The average molecular weight is 161 g/mol. The van der Waals surface area contributed by atoms with Gasteiger partial charge in [0.25, 0.3) is 0 Å². The third-order valence-corrected chi connectivity index (χ3v) is 2.11. The Morgan fingerprint density at radius 3 is 2.82 bits per heavy atom. The number of ether oxygens (including phenoxy) is 1. The molecule has 0 bridgehead atoms. The Labute approximate surface area is 67.1 Å². The van der Waals surface area contributed by atoms with E-state index in [1.54, 1.807) is 6.92 Å². The van der Waals surface area contributed by atoms with Crippen LogP contribution in [0.15, 0.2) is 0 Å². The van der Waals surface area contributed by atoms with Gasteiger partial charge in [-0.05, 0) is 26.8 Å². The highest BCUT2D eigenvalue weighted by atomic mass is 19.1. The molecule has 1 fully saturated rings. The highest BCUT2D eigenvalue weighted by Gasteiger charge is 2.26. The van der Waals surface area contributed by atoms with Crippen molar-refractivity contribution in [2.75, 3.05) is 13.6 Å². The second-order valence-electron chi connectivity index (χ2n) is 3.11. The summed E-state index contributed by atoms with van der Waals surface area (Å²) in [4.78, 5) is 0. The van der Waals surface area contributed by atoms with E-state index < -0.39 is 6.17 Å². The van der Waals surface area contributed by atoms with Crippen molar-refractivity contribution < 1.29 is 9.13 Å². The highest BCUT2D eigenvalue weighted by molar-refractivity contribution is 4.76. The van der Waals surface area contributed by atoms with E-state index in [0.717, 1.165) is 13.0 Å². The minimum Gasteiger partial charge on any atom is -0.371 e. The predicted octanol–water partition coefficient (Wildman–Crippen LogP) is 1.11. The molecule has 1 rings (SSSR count). The van der Waals surface area contributed by atoms with Gasteiger partial charge in [-0.2, -0.15) is 0 Å². The molecule has 1 saturated heterocycles. The average Bonchev–Trinajstić information content (AvgIpc) is 1.98. The van der Waals surface area contributed by atoms with Crippen molar-refractivity contribution >= 4 is 0 Å². The van der Waals surface area contributed by atoms with Gasteiger partial charge in [0, 0.05) is 6.54 Å². The van der Waals surface area contributed by atoms with Crippen molar-refractivity contribution in [1.29, 1.82) is 0 Å². The van der Waals surface area contributed by atoms with Gasteiger partial charge in [-0.3, -0.25) is 0 Å². The van der Waals surface area contributed by atoms with E-state index in [0.29, 0.717) is 6.42 Å². The quantitative estimate of drug-likeness (QED) is 0.655. The van der Waals surface area contributed by atoms with Gasteiger partial charge in [0.2, 0.25) is 0 Å². The third kappa shape index (κ3) is 2.42. The van der Waals surface area contributed by atoms with Crippen LogP contribution < -0.4 is 5.32 Å². The van der Waals surface area contributed by atoms with Gasteiger partial charge in [0.1, 0.15) is 6.17 Å². The van der Waals surface area contributed by atoms with Gasteiger partial charge in [0.05, 0.1) is 12.2 Å². The lowest BCUT2D eigenvalue weighted by atomic mass is 10.0. The largest absolute Gasteiger partial charge is 0.371 e. The number of nitrogens with one attached hydrogen (secondary N) is 1. The normalized spacial score (nSPS) is 39.0. The Morgan fingerprint density at radius 1 is 1.55 bits per heavy atom. The van der Waals surface area contributed by atoms with Crippen LogP contribution in [0.3, 0.4) is 0 Å². The minimum atomic E-state index is -0.761. The second kappa shape index (κ2) is 4.02. The van der Waals surface area contributed by atoms with Crippen LogP contribution in [-0.2, 0) is 4.74 Å². The first-order valence-corrected chi connectivity index (χ1v) is 4.18. The van der Waals surface area contributed by atoms with E-state index in [1.807, 2.05) is 7.05 Å². The van der Waals surface area contributed by atoms with E-state index in [4.69, 9.17) is 4.74 Å². The topological polar surface area (TPSA) is 21.3 Å². The Hall–Kier alpha value is -0.150. The van der Waals surface area contributed by atoms with Crippen LogP contribution in [-0.4, -0.2) is 32.0 Å². The fourth-order valence-electron chi connectivity index (χ4n) is 1.41. The summed E-state index contributed by atoms with van der Waals surface area (Å²) in [7, 11) is 1.88. The molecule has 66 valence electrons. The Balaban J connectivity index is 2.28. The molecule has 1 aliphatic rings. The first-order valence-electron chi connectivity index (χ1n) is 4.18. The SMILES string of the molecule is CNC[C@@H]1CC[C@@H](F)[C@@H](C)O1. The molecule has 3 heteroatoms. The van der Waals surface area contributed by atoms with E-state index in [1.165, 1.54) is 0 Å². The van der Waals surface area contributed by atoms with E-state index in [2.05, 4.69) is 5.32 Å². The molecule has 11 heavy (non-hydrogen) atoms. The highest BCUT2D eigenvalue weighted by Crippen LogP contribution is 2.21. The maximum atomic E-state index is 12.8. The molecule has 0 radical (unpaired) electrons. The lowest BCUT2D eigenvalue weighted by Gasteiger charge is -2.30. The predicted molar refractivity (Wildman–Crippen MR) is 42.4 cm³/mol. The maximum absolute atomic E-state index is 12.8. The first kappa shape index (κ1) is 8.94. The summed E-state index contributed by atoms with van der Waals surface area (Å²) in [6.07, 6.45) is 0.715. The van der Waals surface area contributed by atoms with Crippen LogP contribution in [0.2, 0.25) is 0 Å². The summed E-state index contributed by atoms with van der Waals surface area (Å²) in [5.74, 6) is 0. The maximum Gasteiger partial charge on any atom is 0.126 e. The summed E-state index contributed by atoms with van der Waals surface area (Å²) in [6, 6.07) is 0. The molecule has 3 atom stereocenters. The summed E-state index contributed by atoms with van der Waals surface area (Å²) in [6.45, 7) is 2.63. The molecule has 0 aromatic heterocycles. The molecule has 0 spiro atoms. The Bertz CT molecular complexity index is 121. The molecule has 1 N–H and O–H groups in total. The van der Waals surface area contributed by atoms with Crippen LogP contribution in [0.4, 0.5) is 4.39 Å². The molecular formula is C8H16FNO. The van der Waals surface area contributed by atoms with Crippen molar-refractivity contribution in [3.05, 3.63) is 0 Å². The van der Waals surface area contributed by atoms with Gasteiger partial charge < -0.3 is 10.1 Å². The monoisotopic (exact) mass is 161 g/mol. The molecule has 0 aromatic rings. The number of hydrogen-bond donors (Lipinski definition) is 1. The van der Waals surface area contributed by atoms with Crippen molar-refractivity contribution in [3.63, 3.8) is 0 Å². The van der Waals surface area contributed by atoms with E-state index >= 15 is 0 Å². The lowest BCUT2D eigenvalue weighted by molar-refractivity contribution is -0.0799. The van der Waals surface area contributed by atoms with Gasteiger partial charge in [-0.1, -0.05) is 0 Å². The third-order valence-electron chi connectivity index (χ3n) is 2.11. The van der Waals surface area contributed by atoms with Crippen molar-refractivity contribution in [2.45, 2.75) is 38.1 Å². The smallest absolute Gasteiger partial charge is 0.126 e. The fraction of sp³-hybridized carbons (Fsp3) is 1.00. The zero-order chi connectivity index (χ0) is 8.27. The van der Waals surface area contributed by atoms with Gasteiger partial charge in [-0.15, -0.1) is 0 Å². The molecule has 1 heterocycles. The summed E-state index contributed by atoms with van der Waals surface area (Å²) in [5.41, 5.74) is 0. The summed E-state index contributed by atoms with van der Waals surface area (Å²) in [5, 5.41) is 3.03. The Kier molecular flexibility index (Phi) is 3.27. The van der Waals surface area contributed by atoms with E-state index in [9.17, 15) is 4.39 Å². The van der Waals surface area contributed by atoms with Crippen LogP contribution >= 0.6 is 0 Å². The standard InChI is InChI=1S/C8H16FNO/c1-6-8(9)4-3-7(11-6)5-10-2/h6-8,10H,3-5H2,1-2H3/t6-,7+,8-/m1/s1. The number of halogens is 1. The van der Waals surface area contributed by atoms with Gasteiger partial charge in [0.15, 0.2) is 0 Å². The molecule has 0 aromatic carbocycles. The Morgan fingerprint density at radius 2 is 2.27 bits per heavy atom. The second-order valence-corrected chi connectivity index (χ2v) is 3.11. The molecule has 0 aliphatic carbocycles. The number of alkyl halides is 1. The summed E-state index contributed by atoms with van der Waals surface area (Å²) >= 11 is 0. The number of hydrogen-bond acceptors (Lipinski definition) is 2.